The molecule has 1 atom stereocenters. The molecule has 148 valence electrons. The monoisotopic (exact) mass is 414 g/mol. The van der Waals surface area contributed by atoms with E-state index in [1.165, 1.54) is 11.3 Å². The normalized spacial score (nSPS) is 16.0. The van der Waals surface area contributed by atoms with E-state index in [9.17, 15) is 4.79 Å². The number of ether oxygens (including phenoxy) is 1. The third-order valence-electron chi connectivity index (χ3n) is 5.13. The molecule has 6 nitrogen and oxygen atoms in total. The van der Waals surface area contributed by atoms with Gasteiger partial charge in [0.15, 0.2) is 0 Å². The van der Waals surface area contributed by atoms with Gasteiger partial charge in [-0.3, -0.25) is 14.8 Å². The highest BCUT2D eigenvalue weighted by atomic mass is 32.1. The zero-order valence-electron chi connectivity index (χ0n) is 16.2. The van der Waals surface area contributed by atoms with Crippen LogP contribution in [0.15, 0.2) is 77.5 Å². The lowest BCUT2D eigenvalue weighted by Crippen LogP contribution is -2.26. The first-order chi connectivity index (χ1) is 14.7. The highest BCUT2D eigenvalue weighted by molar-refractivity contribution is 7.12. The number of hydrazone groups is 1. The molecule has 1 aliphatic heterocycles. The third kappa shape index (κ3) is 3.33. The maximum Gasteiger partial charge on any atom is 0.284 e. The van der Waals surface area contributed by atoms with Crippen molar-refractivity contribution in [1.82, 2.24) is 15.0 Å². The second-order valence-electron chi connectivity index (χ2n) is 6.93. The van der Waals surface area contributed by atoms with E-state index in [-0.39, 0.29) is 11.9 Å². The summed E-state index contributed by atoms with van der Waals surface area (Å²) in [5.41, 5.74) is 4.40. The van der Waals surface area contributed by atoms with E-state index >= 15 is 0 Å². The summed E-state index contributed by atoms with van der Waals surface area (Å²) in [5.74, 6) is 0.655. The summed E-state index contributed by atoms with van der Waals surface area (Å²) in [4.78, 5) is 22.7. The van der Waals surface area contributed by atoms with Gasteiger partial charge in [0.25, 0.3) is 5.91 Å². The Morgan fingerprint density at radius 1 is 1.07 bits per heavy atom. The average molecular weight is 414 g/mol. The standard InChI is InChI=1S/C23H18N4O2S/c1-29-17-5-2-4-15(12-17)19-14-21(27(26-19)23(28)22-6-3-11-30-22)16-7-8-18-20(13-16)25-10-9-24-18/h2-13,21H,14H2,1H3/t21-/m0/s1. The number of hydrogen-bond donors (Lipinski definition) is 0. The van der Waals surface area contributed by atoms with Crippen LogP contribution < -0.4 is 4.74 Å². The maximum absolute atomic E-state index is 13.2. The fraction of sp³-hybridized carbons (Fsp3) is 0.130. The van der Waals surface area contributed by atoms with Crippen molar-refractivity contribution in [2.75, 3.05) is 7.11 Å². The number of aromatic nitrogens is 2. The van der Waals surface area contributed by atoms with E-state index in [4.69, 9.17) is 9.84 Å². The molecule has 5 rings (SSSR count). The van der Waals surface area contributed by atoms with Gasteiger partial charge in [0.2, 0.25) is 0 Å². The van der Waals surface area contributed by atoms with Crippen LogP contribution >= 0.6 is 11.3 Å². The summed E-state index contributed by atoms with van der Waals surface area (Å²) in [6.07, 6.45) is 3.96. The number of benzene rings is 2. The second-order valence-corrected chi connectivity index (χ2v) is 7.88. The number of fused-ring (bicyclic) bond motifs is 1. The number of methoxy groups -OCH3 is 1. The molecule has 0 radical (unpaired) electrons. The second kappa shape index (κ2) is 7.68. The molecular weight excluding hydrogens is 396 g/mol. The molecule has 3 heterocycles. The summed E-state index contributed by atoms with van der Waals surface area (Å²) in [7, 11) is 1.64. The highest BCUT2D eigenvalue weighted by Crippen LogP contribution is 2.35. The number of rotatable bonds is 4. The van der Waals surface area contributed by atoms with Crippen molar-refractivity contribution < 1.29 is 9.53 Å². The predicted molar refractivity (Wildman–Crippen MR) is 117 cm³/mol. The number of carbonyl (C=O) groups is 1. The van der Waals surface area contributed by atoms with Gasteiger partial charge in [-0.1, -0.05) is 24.3 Å². The van der Waals surface area contributed by atoms with Crippen LogP contribution in [0.25, 0.3) is 11.0 Å². The van der Waals surface area contributed by atoms with E-state index in [0.29, 0.717) is 11.3 Å². The first-order valence-corrected chi connectivity index (χ1v) is 10.4. The van der Waals surface area contributed by atoms with Crippen LogP contribution in [-0.4, -0.2) is 33.7 Å². The topological polar surface area (TPSA) is 67.7 Å². The van der Waals surface area contributed by atoms with Crippen molar-refractivity contribution in [2.45, 2.75) is 12.5 Å². The van der Waals surface area contributed by atoms with Gasteiger partial charge in [0.05, 0.1) is 34.8 Å². The molecule has 0 unspecified atom stereocenters. The number of carbonyl (C=O) groups excluding carboxylic acids is 1. The van der Waals surface area contributed by atoms with E-state index in [0.717, 1.165) is 33.6 Å². The highest BCUT2D eigenvalue weighted by Gasteiger charge is 2.34. The van der Waals surface area contributed by atoms with Crippen LogP contribution in [-0.2, 0) is 0 Å². The Bertz CT molecular complexity index is 1250. The lowest BCUT2D eigenvalue weighted by atomic mass is 9.97. The molecule has 0 saturated heterocycles. The van der Waals surface area contributed by atoms with Crippen molar-refractivity contribution in [2.24, 2.45) is 5.10 Å². The molecule has 0 N–H and O–H groups in total. The minimum absolute atomic E-state index is 0.105. The molecule has 7 heteroatoms. The van der Waals surface area contributed by atoms with E-state index < -0.39 is 0 Å². The van der Waals surface area contributed by atoms with Crippen molar-refractivity contribution in [3.05, 3.63) is 88.4 Å². The third-order valence-corrected chi connectivity index (χ3v) is 5.99. The van der Waals surface area contributed by atoms with Gasteiger partial charge < -0.3 is 4.74 Å². The Morgan fingerprint density at radius 3 is 2.73 bits per heavy atom. The molecule has 0 bridgehead atoms. The Hall–Kier alpha value is -3.58. The molecular formula is C23H18N4O2S. The number of hydrogen-bond acceptors (Lipinski definition) is 6. The Labute approximate surface area is 177 Å². The van der Waals surface area contributed by atoms with Gasteiger partial charge in [-0.15, -0.1) is 11.3 Å². The Morgan fingerprint density at radius 2 is 1.93 bits per heavy atom. The molecule has 4 aromatic rings. The zero-order valence-corrected chi connectivity index (χ0v) is 17.0. The fourth-order valence-corrected chi connectivity index (χ4v) is 4.29. The molecule has 2 aromatic carbocycles. The SMILES string of the molecule is COc1cccc(C2=NN(C(=O)c3cccs3)[C@H](c3ccc4nccnc4c3)C2)c1. The summed E-state index contributed by atoms with van der Waals surface area (Å²) in [6.45, 7) is 0. The Kier molecular flexibility index (Phi) is 4.72. The van der Waals surface area contributed by atoms with E-state index in [2.05, 4.69) is 9.97 Å². The lowest BCUT2D eigenvalue weighted by Gasteiger charge is -2.21. The Balaban J connectivity index is 1.56. The van der Waals surface area contributed by atoms with Gasteiger partial charge in [0, 0.05) is 24.4 Å². The smallest absolute Gasteiger partial charge is 0.284 e. The zero-order chi connectivity index (χ0) is 20.5. The summed E-state index contributed by atoms with van der Waals surface area (Å²) >= 11 is 1.42. The average Bonchev–Trinajstić information content (AvgIpc) is 3.49. The lowest BCUT2D eigenvalue weighted by molar-refractivity contribution is 0.0716. The predicted octanol–water partition coefficient (Wildman–Crippen LogP) is 4.69. The number of amides is 1. The van der Waals surface area contributed by atoms with Gasteiger partial charge in [-0.25, -0.2) is 5.01 Å². The van der Waals surface area contributed by atoms with Gasteiger partial charge in [0.1, 0.15) is 5.75 Å². The van der Waals surface area contributed by atoms with Crippen LogP contribution in [0, 0.1) is 0 Å². The molecule has 1 amide bonds. The maximum atomic E-state index is 13.2. The quantitative estimate of drug-likeness (QED) is 0.486. The van der Waals surface area contributed by atoms with Crippen LogP contribution in [0.2, 0.25) is 0 Å². The summed E-state index contributed by atoms with van der Waals surface area (Å²) < 4.78 is 5.36. The summed E-state index contributed by atoms with van der Waals surface area (Å²) in [5, 5.41) is 8.24. The number of nitrogens with zero attached hydrogens (tertiary/aromatic N) is 4. The van der Waals surface area contributed by atoms with Crippen LogP contribution in [0.3, 0.4) is 0 Å². The van der Waals surface area contributed by atoms with E-state index in [1.54, 1.807) is 24.5 Å². The van der Waals surface area contributed by atoms with Crippen molar-refractivity contribution >= 4 is 34.0 Å². The minimum Gasteiger partial charge on any atom is -0.497 e. The molecule has 0 aliphatic carbocycles. The van der Waals surface area contributed by atoms with Crippen molar-refractivity contribution in [1.29, 1.82) is 0 Å². The number of thiophene rings is 1. The summed E-state index contributed by atoms with van der Waals surface area (Å²) in [6, 6.07) is 17.2. The van der Waals surface area contributed by atoms with Gasteiger partial charge >= 0.3 is 0 Å². The van der Waals surface area contributed by atoms with Crippen molar-refractivity contribution in [3.8, 4) is 5.75 Å². The van der Waals surface area contributed by atoms with Crippen molar-refractivity contribution in [3.63, 3.8) is 0 Å². The first kappa shape index (κ1) is 18.4. The van der Waals surface area contributed by atoms with Crippen LogP contribution in [0.5, 0.6) is 5.75 Å². The molecule has 2 aromatic heterocycles. The molecule has 0 fully saturated rings. The van der Waals surface area contributed by atoms with Crippen LogP contribution in [0.1, 0.15) is 33.3 Å². The largest absolute Gasteiger partial charge is 0.497 e. The van der Waals surface area contributed by atoms with E-state index in [1.807, 2.05) is 60.0 Å². The fourth-order valence-electron chi connectivity index (χ4n) is 3.64. The molecule has 30 heavy (non-hydrogen) atoms. The minimum atomic E-state index is -0.216. The molecule has 1 aliphatic rings. The molecule has 0 saturated carbocycles. The molecule has 0 spiro atoms. The first-order valence-electron chi connectivity index (χ1n) is 9.52. The van der Waals surface area contributed by atoms with Gasteiger partial charge in [-0.2, -0.15) is 5.10 Å². The van der Waals surface area contributed by atoms with Gasteiger partial charge in [-0.05, 0) is 41.3 Å². The van der Waals surface area contributed by atoms with Crippen LogP contribution in [0.4, 0.5) is 0 Å².